The van der Waals surface area contributed by atoms with Crippen LogP contribution in [0.3, 0.4) is 0 Å². The van der Waals surface area contributed by atoms with Crippen LogP contribution in [0, 0.1) is 13.8 Å². The van der Waals surface area contributed by atoms with Gasteiger partial charge in [-0.3, -0.25) is 4.79 Å². The lowest BCUT2D eigenvalue weighted by molar-refractivity contribution is 0.0499. The molecule has 3 aromatic carbocycles. The van der Waals surface area contributed by atoms with Crippen molar-refractivity contribution in [2.24, 2.45) is 0 Å². The van der Waals surface area contributed by atoms with Gasteiger partial charge in [0.2, 0.25) is 0 Å². The highest BCUT2D eigenvalue weighted by molar-refractivity contribution is 5.96. The van der Waals surface area contributed by atoms with Gasteiger partial charge < -0.3 is 29.6 Å². The molecule has 0 unspecified atom stereocenters. The van der Waals surface area contributed by atoms with Crippen molar-refractivity contribution in [2.45, 2.75) is 53.1 Å². The molecule has 0 radical (unpaired) electrons. The van der Waals surface area contributed by atoms with Gasteiger partial charge in [-0.05, 0) is 94.3 Å². The number of nitrogens with zero attached hydrogens (tertiary/aromatic N) is 2. The number of nitrogens with one attached hydrogen (secondary N) is 2. The zero-order valence-electron chi connectivity index (χ0n) is 30.1. The monoisotopic (exact) mass is 694 g/mol. The normalized spacial score (nSPS) is 11.4. The van der Waals surface area contributed by atoms with E-state index >= 15 is 0 Å². The topological polar surface area (TPSA) is 129 Å². The Morgan fingerprint density at radius 3 is 2.25 bits per heavy atom. The number of rotatable bonds is 14. The summed E-state index contributed by atoms with van der Waals surface area (Å²) in [5.41, 5.74) is 5.31. The van der Waals surface area contributed by atoms with Crippen molar-refractivity contribution in [3.63, 3.8) is 0 Å². The van der Waals surface area contributed by atoms with Crippen LogP contribution in [-0.2, 0) is 20.6 Å². The fourth-order valence-corrected chi connectivity index (χ4v) is 6.05. The number of hydrogen-bond acceptors (Lipinski definition) is 8. The maximum Gasteiger partial charge on any atom is 0.407 e. The Labute approximate surface area is 298 Å². The molecule has 2 N–H and O–H groups in total. The van der Waals surface area contributed by atoms with Crippen molar-refractivity contribution in [1.82, 2.24) is 20.2 Å². The van der Waals surface area contributed by atoms with E-state index in [1.165, 1.54) is 7.11 Å². The zero-order valence-corrected chi connectivity index (χ0v) is 30.1. The van der Waals surface area contributed by atoms with Crippen LogP contribution in [0.25, 0.3) is 27.5 Å². The Morgan fingerprint density at radius 2 is 1.53 bits per heavy atom. The quantitative estimate of drug-likeness (QED) is 0.0955. The summed E-state index contributed by atoms with van der Waals surface area (Å²) in [4.78, 5) is 37.7. The maximum absolute atomic E-state index is 13.0. The molecule has 0 saturated heterocycles. The number of alkyl carbamates (subject to hydrolysis) is 1. The van der Waals surface area contributed by atoms with E-state index < -0.39 is 17.7 Å². The fraction of sp³-hybridized carbons (Fsp3) is 0.350. The van der Waals surface area contributed by atoms with Crippen LogP contribution in [0.2, 0.25) is 0 Å². The smallest absolute Gasteiger partial charge is 0.407 e. The van der Waals surface area contributed by atoms with Crippen LogP contribution in [0.15, 0.2) is 72.8 Å². The number of hydrogen-bond donors (Lipinski definition) is 2. The molecule has 11 nitrogen and oxygen atoms in total. The van der Waals surface area contributed by atoms with Crippen LogP contribution in [0.5, 0.6) is 5.75 Å². The van der Waals surface area contributed by atoms with Gasteiger partial charge in [0.25, 0.3) is 5.91 Å². The Kier molecular flexibility index (Phi) is 11.9. The van der Waals surface area contributed by atoms with E-state index in [0.29, 0.717) is 51.3 Å². The predicted molar refractivity (Wildman–Crippen MR) is 197 cm³/mol. The molecule has 5 rings (SSSR count). The Morgan fingerprint density at radius 1 is 0.843 bits per heavy atom. The highest BCUT2D eigenvalue weighted by atomic mass is 16.6. The average molecular weight is 695 g/mol. The molecule has 0 aliphatic heterocycles. The lowest BCUT2D eigenvalue weighted by atomic mass is 9.96. The number of benzene rings is 3. The molecule has 51 heavy (non-hydrogen) atoms. The van der Waals surface area contributed by atoms with E-state index in [2.05, 4.69) is 22.8 Å². The summed E-state index contributed by atoms with van der Waals surface area (Å²) in [5, 5.41) is 12.4. The SMILES string of the molecule is COC(=O)c1nn2c(-c3c(C)cc(C(=O)NCCOCCNC(=O)OC(C)(C)C)cc3C)cccc2c1CCCOc1cccc2ccccc12. The van der Waals surface area contributed by atoms with Crippen molar-refractivity contribution in [1.29, 1.82) is 0 Å². The van der Waals surface area contributed by atoms with Crippen molar-refractivity contribution >= 4 is 34.3 Å². The number of esters is 1. The molecule has 2 aromatic heterocycles. The number of aryl methyl sites for hydroxylation is 3. The van der Waals surface area contributed by atoms with Crippen molar-refractivity contribution < 1.29 is 33.3 Å². The van der Waals surface area contributed by atoms with Crippen molar-refractivity contribution in [3.05, 3.63) is 101 Å². The molecule has 2 amide bonds. The Balaban J connectivity index is 1.25. The van der Waals surface area contributed by atoms with Gasteiger partial charge >= 0.3 is 12.1 Å². The first-order valence-electron chi connectivity index (χ1n) is 17.1. The van der Waals surface area contributed by atoms with E-state index in [0.717, 1.165) is 50.0 Å². The molecule has 0 aliphatic rings. The summed E-state index contributed by atoms with van der Waals surface area (Å²) in [6.07, 6.45) is 0.720. The minimum absolute atomic E-state index is 0.221. The molecule has 5 aromatic rings. The number of methoxy groups -OCH3 is 1. The maximum atomic E-state index is 13.0. The molecule has 0 atom stereocenters. The first-order valence-corrected chi connectivity index (χ1v) is 17.1. The highest BCUT2D eigenvalue weighted by Gasteiger charge is 2.23. The lowest BCUT2D eigenvalue weighted by Gasteiger charge is -2.19. The third-order valence-electron chi connectivity index (χ3n) is 8.21. The second-order valence-corrected chi connectivity index (χ2v) is 13.2. The van der Waals surface area contributed by atoms with E-state index in [1.807, 2.05) is 74.5 Å². The average Bonchev–Trinajstić information content (AvgIpc) is 3.47. The highest BCUT2D eigenvalue weighted by Crippen LogP contribution is 2.32. The minimum atomic E-state index is -0.565. The van der Waals surface area contributed by atoms with Gasteiger partial charge in [-0.25, -0.2) is 14.1 Å². The molecular formula is C40H46N4O7. The second kappa shape index (κ2) is 16.5. The van der Waals surface area contributed by atoms with Crippen LogP contribution >= 0.6 is 0 Å². The molecule has 268 valence electrons. The molecule has 0 bridgehead atoms. The van der Waals surface area contributed by atoms with Gasteiger partial charge in [0.15, 0.2) is 5.69 Å². The third kappa shape index (κ3) is 9.23. The summed E-state index contributed by atoms with van der Waals surface area (Å²) < 4.78 is 23.8. The van der Waals surface area contributed by atoms with Crippen molar-refractivity contribution in [3.8, 4) is 17.0 Å². The first kappa shape index (κ1) is 36.9. The number of carbonyl (C=O) groups excluding carboxylic acids is 3. The Bertz CT molecular complexity index is 2000. The predicted octanol–water partition coefficient (Wildman–Crippen LogP) is 6.84. The second-order valence-electron chi connectivity index (χ2n) is 13.2. The third-order valence-corrected chi connectivity index (χ3v) is 8.21. The van der Waals surface area contributed by atoms with E-state index in [4.69, 9.17) is 24.0 Å². The van der Waals surface area contributed by atoms with Crippen molar-refractivity contribution in [2.75, 3.05) is 40.0 Å². The largest absolute Gasteiger partial charge is 0.493 e. The van der Waals surface area contributed by atoms with E-state index in [1.54, 1.807) is 25.3 Å². The standard InChI is InChI=1S/C40H46N4O7/c1-26-24-29(37(45)41-19-22-49-23-20-42-39(47)51-40(3,4)5)25-27(2)35(26)33-17-10-16-32-31(36(38(46)48-6)43-44(32)33)15-11-21-50-34-18-9-13-28-12-7-8-14-30(28)34/h7-10,12-14,16-18,24-25H,11,15,19-23H2,1-6H3,(H,41,45)(H,42,47). The van der Waals surface area contributed by atoms with Gasteiger partial charge in [-0.1, -0.05) is 42.5 Å². The van der Waals surface area contributed by atoms with Gasteiger partial charge in [0.1, 0.15) is 11.4 Å². The molecule has 0 spiro atoms. The number of pyridine rings is 1. The zero-order chi connectivity index (χ0) is 36.5. The molecule has 0 fully saturated rings. The molecule has 0 aliphatic carbocycles. The molecule has 11 heteroatoms. The molecule has 2 heterocycles. The van der Waals surface area contributed by atoms with E-state index in [-0.39, 0.29) is 11.6 Å². The summed E-state index contributed by atoms with van der Waals surface area (Å²) in [6.45, 7) is 11.0. The number of amides is 2. The number of fused-ring (bicyclic) bond motifs is 2. The summed E-state index contributed by atoms with van der Waals surface area (Å²) in [7, 11) is 1.36. The van der Waals surface area contributed by atoms with Crippen LogP contribution < -0.4 is 15.4 Å². The minimum Gasteiger partial charge on any atom is -0.493 e. The number of aromatic nitrogens is 2. The van der Waals surface area contributed by atoms with Gasteiger partial charge in [0, 0.05) is 35.2 Å². The number of carbonyl (C=O) groups is 3. The summed E-state index contributed by atoms with van der Waals surface area (Å²) in [6, 6.07) is 23.7. The molecular weight excluding hydrogens is 648 g/mol. The van der Waals surface area contributed by atoms with Crippen LogP contribution in [0.1, 0.15) is 64.7 Å². The van der Waals surface area contributed by atoms with E-state index in [9.17, 15) is 14.4 Å². The van der Waals surface area contributed by atoms with Gasteiger partial charge in [-0.2, -0.15) is 5.10 Å². The van der Waals surface area contributed by atoms with Gasteiger partial charge in [-0.15, -0.1) is 0 Å². The lowest BCUT2D eigenvalue weighted by Crippen LogP contribution is -2.34. The number of ether oxygens (including phenoxy) is 4. The van der Waals surface area contributed by atoms with Gasteiger partial charge in [0.05, 0.1) is 38.1 Å². The first-order chi connectivity index (χ1) is 24.5. The Hall–Kier alpha value is -5.42. The summed E-state index contributed by atoms with van der Waals surface area (Å²) in [5.74, 6) is 0.101. The summed E-state index contributed by atoms with van der Waals surface area (Å²) >= 11 is 0. The fourth-order valence-electron chi connectivity index (χ4n) is 6.05. The van der Waals surface area contributed by atoms with Crippen LogP contribution in [0.4, 0.5) is 4.79 Å². The molecule has 0 saturated carbocycles. The van der Waals surface area contributed by atoms with Crippen LogP contribution in [-0.4, -0.2) is 73.2 Å².